The molecule has 2 aromatic heterocycles. The number of hydrogen-bond donors (Lipinski definition) is 1. The van der Waals surface area contributed by atoms with Gasteiger partial charge in [-0.3, -0.25) is 14.5 Å². The van der Waals surface area contributed by atoms with Crippen LogP contribution < -0.4 is 9.64 Å². The van der Waals surface area contributed by atoms with Gasteiger partial charge >= 0.3 is 0 Å². The number of fused-ring (bicyclic) bond motifs is 1. The molecule has 0 saturated carbocycles. The molecule has 1 N–H and O–H groups in total. The maximum absolute atomic E-state index is 14.0. The first kappa shape index (κ1) is 28.5. The molecule has 0 aliphatic carbocycles. The third-order valence-electron chi connectivity index (χ3n) is 7.13. The maximum atomic E-state index is 14.0. The van der Waals surface area contributed by atoms with E-state index in [-0.39, 0.29) is 22.3 Å². The van der Waals surface area contributed by atoms with Crippen LogP contribution in [0.4, 0.5) is 9.52 Å². The summed E-state index contributed by atoms with van der Waals surface area (Å²) in [6.45, 7) is 0. The molecule has 4 aromatic carbocycles. The molecular formula is C34H22FN3O5S2. The summed E-state index contributed by atoms with van der Waals surface area (Å²) in [6.07, 6.45) is 0. The van der Waals surface area contributed by atoms with E-state index in [4.69, 9.17) is 9.15 Å². The molecule has 0 bridgehead atoms. The van der Waals surface area contributed by atoms with E-state index in [9.17, 15) is 19.1 Å². The standard InChI is InChI=1S/C34H22FN3O5S2/c35-23-15-13-20(14-16-23)19-44-34-37-36-33(45-34)38-29(22-8-6-11-25(17-22)42-24-9-2-1-3-10-24)28(31(40)32(38)41)30(39)27-18-21-7-4-5-12-26(21)43-27/h1-18,29,40H,19H2/t29-/m0/s1. The van der Waals surface area contributed by atoms with Crippen LogP contribution >= 0.6 is 23.1 Å². The molecular weight excluding hydrogens is 614 g/mol. The van der Waals surface area contributed by atoms with E-state index < -0.39 is 23.5 Å². The first-order valence-electron chi connectivity index (χ1n) is 13.8. The molecule has 11 heteroatoms. The van der Waals surface area contributed by atoms with Crippen LogP contribution in [0.25, 0.3) is 11.0 Å². The number of anilines is 1. The van der Waals surface area contributed by atoms with Crippen LogP contribution in [0.15, 0.2) is 129 Å². The topological polar surface area (TPSA) is 106 Å². The number of aliphatic hydroxyl groups is 1. The van der Waals surface area contributed by atoms with Gasteiger partial charge in [0.1, 0.15) is 22.9 Å². The van der Waals surface area contributed by atoms with Crippen molar-refractivity contribution in [1.82, 2.24) is 10.2 Å². The Bertz CT molecular complexity index is 2040. The van der Waals surface area contributed by atoms with Crippen LogP contribution in [0.2, 0.25) is 0 Å². The fourth-order valence-corrected chi connectivity index (χ4v) is 6.86. The van der Waals surface area contributed by atoms with Gasteiger partial charge in [-0.1, -0.05) is 83.8 Å². The Balaban J connectivity index is 1.26. The van der Waals surface area contributed by atoms with Gasteiger partial charge in [0.25, 0.3) is 5.91 Å². The van der Waals surface area contributed by atoms with E-state index >= 15 is 0 Å². The van der Waals surface area contributed by atoms with Crippen molar-refractivity contribution in [3.8, 4) is 11.5 Å². The van der Waals surface area contributed by atoms with E-state index in [0.29, 0.717) is 38.1 Å². The number of carbonyl (C=O) groups excluding carboxylic acids is 2. The molecule has 0 spiro atoms. The number of hydrogen-bond acceptors (Lipinski definition) is 9. The summed E-state index contributed by atoms with van der Waals surface area (Å²) in [7, 11) is 0. The van der Waals surface area contributed by atoms with Crippen molar-refractivity contribution in [2.45, 2.75) is 16.1 Å². The third kappa shape index (κ3) is 5.70. The van der Waals surface area contributed by atoms with Gasteiger partial charge in [-0.15, -0.1) is 10.2 Å². The Morgan fingerprint density at radius 3 is 2.49 bits per heavy atom. The number of ether oxygens (including phenoxy) is 1. The average molecular weight is 636 g/mol. The molecule has 0 unspecified atom stereocenters. The zero-order chi connectivity index (χ0) is 30.9. The van der Waals surface area contributed by atoms with Crippen LogP contribution in [0.1, 0.15) is 27.7 Å². The van der Waals surface area contributed by atoms with Crippen LogP contribution in [0.3, 0.4) is 0 Å². The Hall–Kier alpha value is -5.26. The van der Waals surface area contributed by atoms with Crippen molar-refractivity contribution in [2.75, 3.05) is 4.90 Å². The third-order valence-corrected chi connectivity index (χ3v) is 9.26. The molecule has 1 atom stereocenters. The highest BCUT2D eigenvalue weighted by molar-refractivity contribution is 8.00. The van der Waals surface area contributed by atoms with Crippen molar-refractivity contribution < 1.29 is 28.2 Å². The van der Waals surface area contributed by atoms with E-state index in [2.05, 4.69) is 10.2 Å². The average Bonchev–Trinajstić information content (AvgIpc) is 3.77. The number of benzene rings is 4. The largest absolute Gasteiger partial charge is 0.503 e. The molecule has 1 aliphatic heterocycles. The molecule has 1 amide bonds. The molecule has 0 radical (unpaired) electrons. The van der Waals surface area contributed by atoms with E-state index in [1.807, 2.05) is 42.5 Å². The number of amides is 1. The number of nitrogens with zero attached hydrogens (tertiary/aromatic N) is 3. The molecule has 222 valence electrons. The van der Waals surface area contributed by atoms with Gasteiger partial charge in [-0.2, -0.15) is 0 Å². The van der Waals surface area contributed by atoms with Crippen molar-refractivity contribution in [1.29, 1.82) is 0 Å². The molecule has 6 aromatic rings. The highest BCUT2D eigenvalue weighted by atomic mass is 32.2. The number of furan rings is 1. The lowest BCUT2D eigenvalue weighted by atomic mass is 9.95. The predicted octanol–water partition coefficient (Wildman–Crippen LogP) is 8.29. The Kier molecular flexibility index (Phi) is 7.62. The fraction of sp³-hybridized carbons (Fsp3) is 0.0588. The van der Waals surface area contributed by atoms with Gasteiger partial charge in [0.05, 0.1) is 11.6 Å². The van der Waals surface area contributed by atoms with Gasteiger partial charge in [0.2, 0.25) is 10.9 Å². The van der Waals surface area contributed by atoms with E-state index in [0.717, 1.165) is 16.9 Å². The fourth-order valence-electron chi connectivity index (χ4n) is 5.03. The van der Waals surface area contributed by atoms with Crippen molar-refractivity contribution in [3.05, 3.63) is 143 Å². The quantitative estimate of drug-likeness (QED) is 0.0961. The minimum Gasteiger partial charge on any atom is -0.503 e. The number of Topliss-reactive ketones (excluding diaryl/α,β-unsaturated/α-hetero) is 1. The maximum Gasteiger partial charge on any atom is 0.296 e. The molecule has 0 saturated heterocycles. The second-order valence-corrected chi connectivity index (χ2v) is 12.2. The Labute approximate surface area is 264 Å². The first-order valence-corrected chi connectivity index (χ1v) is 15.6. The minimum atomic E-state index is -1.06. The van der Waals surface area contributed by atoms with Gasteiger partial charge in [0, 0.05) is 11.1 Å². The summed E-state index contributed by atoms with van der Waals surface area (Å²) in [4.78, 5) is 29.0. The lowest BCUT2D eigenvalue weighted by molar-refractivity contribution is -0.117. The lowest BCUT2D eigenvalue weighted by Gasteiger charge is -2.24. The number of aromatic nitrogens is 2. The molecule has 0 fully saturated rings. The number of para-hydroxylation sites is 2. The van der Waals surface area contributed by atoms with Crippen LogP contribution in [0.5, 0.6) is 11.5 Å². The normalized spacial score (nSPS) is 14.8. The van der Waals surface area contributed by atoms with Crippen LogP contribution in [-0.4, -0.2) is 27.0 Å². The lowest BCUT2D eigenvalue weighted by Crippen LogP contribution is -2.31. The van der Waals surface area contributed by atoms with Gasteiger partial charge < -0.3 is 14.3 Å². The first-order chi connectivity index (χ1) is 21.9. The Morgan fingerprint density at radius 2 is 1.69 bits per heavy atom. The molecule has 7 rings (SSSR count). The number of ketones is 1. The summed E-state index contributed by atoms with van der Waals surface area (Å²) >= 11 is 2.52. The second kappa shape index (κ2) is 12.0. The summed E-state index contributed by atoms with van der Waals surface area (Å²) in [5.74, 6) is -0.866. The number of thioether (sulfide) groups is 1. The van der Waals surface area contributed by atoms with E-state index in [1.54, 1.807) is 54.6 Å². The number of carbonyl (C=O) groups is 2. The summed E-state index contributed by atoms with van der Waals surface area (Å²) in [6, 6.07) is 30.0. The van der Waals surface area contributed by atoms with Crippen molar-refractivity contribution in [3.63, 3.8) is 0 Å². The molecule has 3 heterocycles. The highest BCUT2D eigenvalue weighted by Crippen LogP contribution is 2.45. The predicted molar refractivity (Wildman–Crippen MR) is 169 cm³/mol. The summed E-state index contributed by atoms with van der Waals surface area (Å²) in [5, 5.41) is 20.6. The zero-order valence-corrected chi connectivity index (χ0v) is 24.9. The number of halogens is 1. The zero-order valence-electron chi connectivity index (χ0n) is 23.3. The Morgan fingerprint density at radius 1 is 0.933 bits per heavy atom. The molecule has 1 aliphatic rings. The SMILES string of the molecule is O=C(C1=C(O)C(=O)N(c2nnc(SCc3ccc(F)cc3)s2)[C@H]1c1cccc(Oc2ccccc2)c1)c1cc2ccccc2o1. The van der Waals surface area contributed by atoms with Crippen LogP contribution in [-0.2, 0) is 10.5 Å². The monoisotopic (exact) mass is 635 g/mol. The van der Waals surface area contributed by atoms with Crippen molar-refractivity contribution in [2.24, 2.45) is 0 Å². The molecule has 8 nitrogen and oxygen atoms in total. The summed E-state index contributed by atoms with van der Waals surface area (Å²) in [5.41, 5.74) is 1.76. The number of rotatable bonds is 9. The van der Waals surface area contributed by atoms with Gasteiger partial charge in [0.15, 0.2) is 15.9 Å². The van der Waals surface area contributed by atoms with Gasteiger partial charge in [-0.25, -0.2) is 4.39 Å². The van der Waals surface area contributed by atoms with E-state index in [1.165, 1.54) is 28.8 Å². The smallest absolute Gasteiger partial charge is 0.296 e. The second-order valence-electron chi connectivity index (χ2n) is 10.1. The minimum absolute atomic E-state index is 0.0121. The van der Waals surface area contributed by atoms with Crippen LogP contribution in [0, 0.1) is 5.82 Å². The summed E-state index contributed by atoms with van der Waals surface area (Å²) < 4.78 is 25.8. The molecule has 45 heavy (non-hydrogen) atoms. The number of aliphatic hydroxyl groups excluding tert-OH is 1. The van der Waals surface area contributed by atoms with Gasteiger partial charge in [-0.05, 0) is 59.7 Å². The highest BCUT2D eigenvalue weighted by Gasteiger charge is 2.47. The van der Waals surface area contributed by atoms with Crippen molar-refractivity contribution >= 4 is 50.9 Å².